The Morgan fingerprint density at radius 2 is 1.93 bits per heavy atom. The number of fused-ring (bicyclic) bond motifs is 1. The standard InChI is InChI=1S/C9H7BF3O2/c11-10(12,13)7-2-3-8-6(5-7)1-4-9(14)15-8/h2-3,5H,1,4H2/q-1. The van der Waals surface area contributed by atoms with Crippen molar-refractivity contribution in [3.63, 3.8) is 0 Å². The highest BCUT2D eigenvalue weighted by Gasteiger charge is 2.27. The van der Waals surface area contributed by atoms with E-state index in [1.54, 1.807) is 0 Å². The molecule has 0 N–H and O–H groups in total. The van der Waals surface area contributed by atoms with E-state index in [0.717, 1.165) is 12.1 Å². The molecule has 1 aromatic carbocycles. The van der Waals surface area contributed by atoms with Crippen LogP contribution in [0.25, 0.3) is 0 Å². The van der Waals surface area contributed by atoms with E-state index in [1.165, 1.54) is 6.07 Å². The summed E-state index contributed by atoms with van der Waals surface area (Å²) < 4.78 is 42.0. The normalized spacial score (nSPS) is 15.8. The Morgan fingerprint density at radius 3 is 2.60 bits per heavy atom. The van der Waals surface area contributed by atoms with Crippen LogP contribution in [0.4, 0.5) is 12.9 Å². The summed E-state index contributed by atoms with van der Waals surface area (Å²) in [6.07, 6.45) is 0.454. The summed E-state index contributed by atoms with van der Waals surface area (Å²) >= 11 is 0. The van der Waals surface area contributed by atoms with Gasteiger partial charge in [0.05, 0.1) is 6.42 Å². The van der Waals surface area contributed by atoms with Crippen LogP contribution < -0.4 is 10.2 Å². The van der Waals surface area contributed by atoms with Crippen molar-refractivity contribution in [1.82, 2.24) is 0 Å². The summed E-state index contributed by atoms with van der Waals surface area (Å²) in [5.41, 5.74) is -0.196. The van der Waals surface area contributed by atoms with Crippen LogP contribution in [0.15, 0.2) is 18.2 Å². The van der Waals surface area contributed by atoms with E-state index < -0.39 is 18.4 Å². The predicted octanol–water partition coefficient (Wildman–Crippen LogP) is 1.59. The average Bonchev–Trinajstić information content (AvgIpc) is 2.15. The highest BCUT2D eigenvalue weighted by atomic mass is 19.4. The molecule has 2 nitrogen and oxygen atoms in total. The molecule has 0 saturated carbocycles. The number of carbonyl (C=O) groups excluding carboxylic acids is 1. The number of hydrogen-bond donors (Lipinski definition) is 0. The first-order valence-corrected chi connectivity index (χ1v) is 4.50. The van der Waals surface area contributed by atoms with Gasteiger partial charge >= 0.3 is 12.9 Å². The number of benzene rings is 1. The van der Waals surface area contributed by atoms with Crippen molar-refractivity contribution in [2.75, 3.05) is 0 Å². The highest BCUT2D eigenvalue weighted by Crippen LogP contribution is 2.25. The molecule has 1 aromatic rings. The predicted molar refractivity (Wildman–Crippen MR) is 49.1 cm³/mol. The molecule has 1 aliphatic heterocycles. The number of esters is 1. The van der Waals surface area contributed by atoms with E-state index in [1.807, 2.05) is 0 Å². The van der Waals surface area contributed by atoms with E-state index in [-0.39, 0.29) is 12.2 Å². The summed E-state index contributed by atoms with van der Waals surface area (Å²) in [6, 6.07) is 3.20. The fraction of sp³-hybridized carbons (Fsp3) is 0.222. The summed E-state index contributed by atoms with van der Waals surface area (Å²) in [5, 5.41) is 0. The first kappa shape index (κ1) is 10.1. The minimum absolute atomic E-state index is 0.140. The third kappa shape index (κ3) is 1.98. The smallest absolute Gasteiger partial charge is 0.445 e. The third-order valence-electron chi connectivity index (χ3n) is 2.28. The van der Waals surface area contributed by atoms with Gasteiger partial charge in [-0.15, -0.1) is 5.46 Å². The Kier molecular flexibility index (Phi) is 2.21. The van der Waals surface area contributed by atoms with Crippen molar-refractivity contribution in [1.29, 1.82) is 0 Å². The lowest BCUT2D eigenvalue weighted by Gasteiger charge is -2.20. The lowest BCUT2D eigenvalue weighted by molar-refractivity contribution is -0.135. The SMILES string of the molecule is O=C1CCc2cc([B-](F)(F)F)ccc2O1. The number of carbonyl (C=O) groups is 1. The topological polar surface area (TPSA) is 26.3 Å². The van der Waals surface area contributed by atoms with Crippen LogP contribution >= 0.6 is 0 Å². The molecule has 1 aliphatic rings. The van der Waals surface area contributed by atoms with Crippen molar-refractivity contribution in [2.24, 2.45) is 0 Å². The molecule has 0 aromatic heterocycles. The molecule has 80 valence electrons. The van der Waals surface area contributed by atoms with Gasteiger partial charge in [-0.3, -0.25) is 4.79 Å². The second-order valence-corrected chi connectivity index (χ2v) is 3.42. The number of halogens is 3. The van der Waals surface area contributed by atoms with E-state index in [2.05, 4.69) is 0 Å². The second kappa shape index (κ2) is 3.29. The quantitative estimate of drug-likeness (QED) is 0.404. The summed E-state index contributed by atoms with van der Waals surface area (Å²) in [6.45, 7) is -4.98. The van der Waals surface area contributed by atoms with E-state index in [4.69, 9.17) is 4.74 Å². The van der Waals surface area contributed by atoms with Crippen LogP contribution in [0, 0.1) is 0 Å². The van der Waals surface area contributed by atoms with Gasteiger partial charge in [0.2, 0.25) is 0 Å². The molecule has 6 heteroatoms. The summed E-state index contributed by atoms with van der Waals surface area (Å²) in [4.78, 5) is 10.9. The van der Waals surface area contributed by atoms with E-state index in [9.17, 15) is 17.7 Å². The molecular formula is C9H7BF3O2-. The van der Waals surface area contributed by atoms with Crippen LogP contribution in [0.3, 0.4) is 0 Å². The Hall–Kier alpha value is -1.46. The molecular weight excluding hydrogens is 208 g/mol. The Bertz CT molecular complexity index is 414. The number of aryl methyl sites for hydroxylation is 1. The van der Waals surface area contributed by atoms with Crippen molar-refractivity contribution in [2.45, 2.75) is 12.8 Å². The fourth-order valence-electron chi connectivity index (χ4n) is 1.51. The van der Waals surface area contributed by atoms with Gasteiger partial charge in [-0.1, -0.05) is 12.1 Å². The lowest BCUT2D eigenvalue weighted by Crippen LogP contribution is -2.34. The van der Waals surface area contributed by atoms with Crippen LogP contribution in [-0.2, 0) is 11.2 Å². The van der Waals surface area contributed by atoms with Gasteiger partial charge in [-0.05, 0) is 18.1 Å². The van der Waals surface area contributed by atoms with Gasteiger partial charge in [-0.25, -0.2) is 0 Å². The van der Waals surface area contributed by atoms with E-state index >= 15 is 0 Å². The highest BCUT2D eigenvalue weighted by molar-refractivity contribution is 6.73. The van der Waals surface area contributed by atoms with Gasteiger partial charge in [0.15, 0.2) is 0 Å². The molecule has 0 saturated heterocycles. The average molecular weight is 215 g/mol. The zero-order valence-corrected chi connectivity index (χ0v) is 7.67. The maximum atomic E-state index is 12.4. The molecule has 0 atom stereocenters. The largest absolute Gasteiger partial charge is 0.509 e. The molecule has 0 amide bonds. The number of ether oxygens (including phenoxy) is 1. The lowest BCUT2D eigenvalue weighted by atomic mass is 9.79. The van der Waals surface area contributed by atoms with Crippen LogP contribution in [0.2, 0.25) is 0 Å². The minimum Gasteiger partial charge on any atom is -0.445 e. The maximum Gasteiger partial charge on any atom is 0.509 e. The van der Waals surface area contributed by atoms with Crippen LogP contribution in [0.5, 0.6) is 5.75 Å². The zero-order valence-electron chi connectivity index (χ0n) is 7.67. The fourth-order valence-corrected chi connectivity index (χ4v) is 1.51. The molecule has 0 bridgehead atoms. The third-order valence-corrected chi connectivity index (χ3v) is 2.28. The molecule has 0 unspecified atom stereocenters. The van der Waals surface area contributed by atoms with Gasteiger partial charge in [0.25, 0.3) is 0 Å². The maximum absolute atomic E-state index is 12.4. The molecule has 1 heterocycles. The monoisotopic (exact) mass is 215 g/mol. The van der Waals surface area contributed by atoms with Crippen molar-refractivity contribution in [3.05, 3.63) is 23.8 Å². The Balaban J connectivity index is 2.39. The molecule has 0 aliphatic carbocycles. The van der Waals surface area contributed by atoms with Crippen molar-refractivity contribution < 1.29 is 22.5 Å². The molecule has 2 rings (SSSR count). The van der Waals surface area contributed by atoms with Gasteiger partial charge in [0.1, 0.15) is 5.75 Å². The minimum atomic E-state index is -4.98. The van der Waals surface area contributed by atoms with Crippen molar-refractivity contribution >= 4 is 18.4 Å². The summed E-state index contributed by atoms with van der Waals surface area (Å²) in [7, 11) is 0. The summed E-state index contributed by atoms with van der Waals surface area (Å²) in [5.74, 6) is -0.150. The molecule has 0 spiro atoms. The van der Waals surface area contributed by atoms with Gasteiger partial charge < -0.3 is 17.7 Å². The molecule has 15 heavy (non-hydrogen) atoms. The number of hydrogen-bond acceptors (Lipinski definition) is 2. The molecule has 0 radical (unpaired) electrons. The van der Waals surface area contributed by atoms with E-state index in [0.29, 0.717) is 12.0 Å². The number of rotatable bonds is 1. The zero-order chi connectivity index (χ0) is 11.1. The first-order chi connectivity index (χ1) is 6.97. The second-order valence-electron chi connectivity index (χ2n) is 3.42. The van der Waals surface area contributed by atoms with Gasteiger partial charge in [0, 0.05) is 0 Å². The van der Waals surface area contributed by atoms with Crippen molar-refractivity contribution in [3.8, 4) is 5.75 Å². The van der Waals surface area contributed by atoms with Gasteiger partial charge in [-0.2, -0.15) is 0 Å². The van der Waals surface area contributed by atoms with Crippen LogP contribution in [-0.4, -0.2) is 12.9 Å². The Morgan fingerprint density at radius 1 is 1.20 bits per heavy atom. The van der Waals surface area contributed by atoms with Crippen LogP contribution in [0.1, 0.15) is 12.0 Å². The first-order valence-electron chi connectivity index (χ1n) is 4.50. The Labute approximate surface area is 84.1 Å². The molecule has 0 fully saturated rings.